The Kier molecular flexibility index (Phi) is 15.6. The van der Waals surface area contributed by atoms with Crippen molar-refractivity contribution in [3.63, 3.8) is 0 Å². The zero-order chi connectivity index (χ0) is 43.0. The molecule has 0 saturated carbocycles. The van der Waals surface area contributed by atoms with Crippen LogP contribution in [0.15, 0.2) is 128 Å². The summed E-state index contributed by atoms with van der Waals surface area (Å²) in [5, 5.41) is 12.3. The minimum Gasteiger partial charge on any atom is -0.348 e. The standard InChI is InChI=1S/C20H15N5O.C19H14N6O.4C2H6/c26-20-19-14(11-23-20)13(16-12-22-18-6-2-4-10-25(16)18)7-8-15(19)24-17-5-1-3-9-21-17;26-19-17-12(9-23-19)18(14-11-21-16-6-2-4-8-25(14)16)22-10-13(17)24-15-5-1-3-7-20-15;4*1-2/h1-10,12H,11H2,(H,21,24)(H,23,26);1-8,10-11H,9H2,(H,20,24)(H,23,26);4*1-2H3. The number of anilines is 4. The summed E-state index contributed by atoms with van der Waals surface area (Å²) in [6.45, 7) is 16.9. The first-order valence-corrected chi connectivity index (χ1v) is 20.6. The van der Waals surface area contributed by atoms with Crippen molar-refractivity contribution in [2.24, 2.45) is 0 Å². The Morgan fingerprint density at radius 2 is 1.00 bits per heavy atom. The second-order valence-electron chi connectivity index (χ2n) is 12.1. The first-order chi connectivity index (χ1) is 29.6. The highest BCUT2D eigenvalue weighted by atomic mass is 16.2. The Bertz CT molecular complexity index is 2460. The summed E-state index contributed by atoms with van der Waals surface area (Å²) in [5.74, 6) is 1.18. The van der Waals surface area contributed by atoms with Crippen molar-refractivity contribution in [1.82, 2.24) is 44.4 Å². The van der Waals surface area contributed by atoms with E-state index in [1.165, 1.54) is 0 Å². The fourth-order valence-corrected chi connectivity index (χ4v) is 6.64. The van der Waals surface area contributed by atoms with Crippen LogP contribution in [0.25, 0.3) is 33.9 Å². The van der Waals surface area contributed by atoms with Crippen LogP contribution in [-0.4, -0.2) is 45.5 Å². The van der Waals surface area contributed by atoms with Crippen LogP contribution in [0.2, 0.25) is 0 Å². The monoisotopic (exact) mass is 803 g/mol. The van der Waals surface area contributed by atoms with E-state index in [0.717, 1.165) is 50.8 Å². The number of nitrogens with zero attached hydrogens (tertiary/aromatic N) is 7. The minimum atomic E-state index is -0.115. The molecule has 60 heavy (non-hydrogen) atoms. The number of nitrogens with one attached hydrogen (secondary N) is 4. The number of carbonyl (C=O) groups excluding carboxylic acids is 2. The van der Waals surface area contributed by atoms with E-state index in [4.69, 9.17) is 0 Å². The van der Waals surface area contributed by atoms with Crippen molar-refractivity contribution < 1.29 is 9.59 Å². The van der Waals surface area contributed by atoms with Gasteiger partial charge < -0.3 is 21.3 Å². The molecule has 2 aliphatic heterocycles. The summed E-state index contributed by atoms with van der Waals surface area (Å²) in [6.07, 6.45) is 12.6. The molecule has 0 bridgehead atoms. The van der Waals surface area contributed by atoms with Crippen LogP contribution < -0.4 is 21.3 Å². The fraction of sp³-hybridized carbons (Fsp3) is 0.213. The first-order valence-electron chi connectivity index (χ1n) is 20.6. The van der Waals surface area contributed by atoms with Gasteiger partial charge in [-0.25, -0.2) is 19.9 Å². The van der Waals surface area contributed by atoms with Gasteiger partial charge in [-0.3, -0.25) is 23.4 Å². The van der Waals surface area contributed by atoms with Gasteiger partial charge in [-0.1, -0.05) is 85.7 Å². The minimum absolute atomic E-state index is 0.0749. The molecule has 308 valence electrons. The number of imidazole rings is 2. The Balaban J connectivity index is 0.000000196. The predicted octanol–water partition coefficient (Wildman–Crippen LogP) is 10.3. The number of hydrogen-bond donors (Lipinski definition) is 4. The van der Waals surface area contributed by atoms with Gasteiger partial charge in [0.2, 0.25) is 0 Å². The van der Waals surface area contributed by atoms with Crippen molar-refractivity contribution in [2.45, 2.75) is 68.5 Å². The number of rotatable bonds is 6. The number of amides is 2. The highest BCUT2D eigenvalue weighted by Gasteiger charge is 2.29. The van der Waals surface area contributed by atoms with Crippen LogP contribution in [0, 0.1) is 0 Å². The zero-order valence-electron chi connectivity index (χ0n) is 35.5. The molecular weight excluding hydrogens is 751 g/mol. The molecule has 13 heteroatoms. The van der Waals surface area contributed by atoms with Crippen molar-refractivity contribution in [3.8, 4) is 22.6 Å². The summed E-state index contributed by atoms with van der Waals surface area (Å²) in [6, 6.07) is 26.9. The lowest BCUT2D eigenvalue weighted by atomic mass is 9.99. The SMILES string of the molecule is CC.CC.CC.CC.O=C1NCc2c(-c3cnc4ccccn34)ccc(Nc3ccccn3)c21.O=C1NCc2c(-c3cnc4ccccn34)ncc(Nc3ccccn3)c21. The predicted molar refractivity (Wildman–Crippen MR) is 242 cm³/mol. The molecule has 0 aliphatic carbocycles. The average molecular weight is 804 g/mol. The second-order valence-corrected chi connectivity index (χ2v) is 12.1. The lowest BCUT2D eigenvalue weighted by molar-refractivity contribution is 0.0958. The van der Waals surface area contributed by atoms with Gasteiger partial charge in [-0.2, -0.15) is 0 Å². The van der Waals surface area contributed by atoms with Crippen LogP contribution >= 0.6 is 0 Å². The molecule has 0 radical (unpaired) electrons. The molecule has 0 saturated heterocycles. The Hall–Kier alpha value is -7.41. The maximum Gasteiger partial charge on any atom is 0.254 e. The molecule has 13 nitrogen and oxygen atoms in total. The van der Waals surface area contributed by atoms with Gasteiger partial charge in [0.25, 0.3) is 11.8 Å². The molecule has 2 aliphatic rings. The Morgan fingerprint density at radius 3 is 1.57 bits per heavy atom. The van der Waals surface area contributed by atoms with Gasteiger partial charge in [0, 0.05) is 49.0 Å². The summed E-state index contributed by atoms with van der Waals surface area (Å²) >= 11 is 0. The highest BCUT2D eigenvalue weighted by molar-refractivity contribution is 6.06. The number of fused-ring (bicyclic) bond motifs is 4. The normalized spacial score (nSPS) is 11.5. The molecule has 0 unspecified atom stereocenters. The molecule has 0 fully saturated rings. The number of hydrogen-bond acceptors (Lipinski definition) is 9. The largest absolute Gasteiger partial charge is 0.348 e. The molecule has 7 aromatic heterocycles. The van der Waals surface area contributed by atoms with E-state index in [2.05, 4.69) is 46.2 Å². The van der Waals surface area contributed by atoms with Crippen LogP contribution in [0.1, 0.15) is 87.2 Å². The average Bonchev–Trinajstić information content (AvgIpc) is 4.14. The van der Waals surface area contributed by atoms with Crippen LogP contribution in [0.4, 0.5) is 23.0 Å². The topological polar surface area (TPSA) is 156 Å². The van der Waals surface area contributed by atoms with E-state index in [9.17, 15) is 9.59 Å². The van der Waals surface area contributed by atoms with Crippen LogP contribution in [-0.2, 0) is 13.1 Å². The molecule has 10 rings (SSSR count). The smallest absolute Gasteiger partial charge is 0.254 e. The van der Waals surface area contributed by atoms with Crippen LogP contribution in [0.3, 0.4) is 0 Å². The van der Waals surface area contributed by atoms with Gasteiger partial charge in [-0.05, 0) is 60.2 Å². The molecule has 8 aromatic rings. The van der Waals surface area contributed by atoms with Gasteiger partial charge in [-0.15, -0.1) is 0 Å². The van der Waals surface area contributed by atoms with Gasteiger partial charge in [0.1, 0.15) is 22.9 Å². The maximum atomic E-state index is 12.5. The quantitative estimate of drug-likeness (QED) is 0.129. The third-order valence-electron chi connectivity index (χ3n) is 9.01. The molecule has 2 amide bonds. The fourth-order valence-electron chi connectivity index (χ4n) is 6.64. The third-order valence-corrected chi connectivity index (χ3v) is 9.01. The van der Waals surface area contributed by atoms with Crippen molar-refractivity contribution in [1.29, 1.82) is 0 Å². The van der Waals surface area contributed by atoms with Crippen LogP contribution in [0.5, 0.6) is 0 Å². The van der Waals surface area contributed by atoms with E-state index < -0.39 is 0 Å². The Labute approximate surface area is 351 Å². The van der Waals surface area contributed by atoms with E-state index >= 15 is 0 Å². The lowest BCUT2D eigenvalue weighted by Crippen LogP contribution is -2.13. The van der Waals surface area contributed by atoms with Crippen molar-refractivity contribution in [2.75, 3.05) is 10.6 Å². The van der Waals surface area contributed by atoms with Crippen molar-refractivity contribution >= 4 is 46.1 Å². The van der Waals surface area contributed by atoms with Gasteiger partial charge in [0.15, 0.2) is 0 Å². The van der Waals surface area contributed by atoms with Gasteiger partial charge in [0.05, 0.1) is 58.2 Å². The molecular formula is C47H53N11O2. The first kappa shape index (κ1) is 43.7. The number of benzene rings is 1. The number of pyridine rings is 5. The van der Waals surface area contributed by atoms with E-state index in [1.807, 2.05) is 168 Å². The molecule has 9 heterocycles. The summed E-state index contributed by atoms with van der Waals surface area (Å²) < 4.78 is 4.00. The molecule has 4 N–H and O–H groups in total. The Morgan fingerprint density at radius 1 is 0.500 bits per heavy atom. The summed E-state index contributed by atoms with van der Waals surface area (Å²) in [5.41, 5.74) is 9.81. The van der Waals surface area contributed by atoms with Crippen molar-refractivity contribution in [3.05, 3.63) is 151 Å². The number of aromatic nitrogens is 7. The van der Waals surface area contributed by atoms with E-state index in [-0.39, 0.29) is 11.8 Å². The summed E-state index contributed by atoms with van der Waals surface area (Å²) in [4.78, 5) is 47.0. The van der Waals surface area contributed by atoms with E-state index in [0.29, 0.717) is 41.5 Å². The van der Waals surface area contributed by atoms with Gasteiger partial charge >= 0.3 is 0 Å². The second kappa shape index (κ2) is 21.4. The lowest BCUT2D eigenvalue weighted by Gasteiger charge is -2.12. The maximum absolute atomic E-state index is 12.5. The van der Waals surface area contributed by atoms with E-state index in [1.54, 1.807) is 24.8 Å². The molecule has 0 spiro atoms. The third kappa shape index (κ3) is 9.15. The zero-order valence-corrected chi connectivity index (χ0v) is 35.5. The number of carbonyl (C=O) groups is 2. The molecule has 0 atom stereocenters. The highest BCUT2D eigenvalue weighted by Crippen LogP contribution is 2.36. The molecule has 1 aromatic carbocycles. The summed E-state index contributed by atoms with van der Waals surface area (Å²) in [7, 11) is 0.